The third-order valence-electron chi connectivity index (χ3n) is 3.53. The maximum atomic E-state index is 12.0. The van der Waals surface area contributed by atoms with Gasteiger partial charge in [-0.15, -0.1) is 0 Å². The first-order valence-electron chi connectivity index (χ1n) is 8.27. The van der Waals surface area contributed by atoms with Crippen molar-refractivity contribution in [2.75, 3.05) is 19.8 Å². The quantitative estimate of drug-likeness (QED) is 0.413. The zero-order valence-corrected chi connectivity index (χ0v) is 14.4. The zero-order chi connectivity index (χ0) is 17.5. The van der Waals surface area contributed by atoms with E-state index in [2.05, 4.69) is 10.3 Å². The minimum atomic E-state index is -0.537. The van der Waals surface area contributed by atoms with Crippen molar-refractivity contribution in [3.63, 3.8) is 0 Å². The summed E-state index contributed by atoms with van der Waals surface area (Å²) in [6.45, 7) is 7.60. The van der Waals surface area contributed by atoms with Gasteiger partial charge in [0.15, 0.2) is 0 Å². The summed E-state index contributed by atoms with van der Waals surface area (Å²) in [5.41, 5.74) is 1.33. The van der Waals surface area contributed by atoms with Crippen molar-refractivity contribution in [1.82, 2.24) is 15.0 Å². The second-order valence-electron chi connectivity index (χ2n) is 5.43. The van der Waals surface area contributed by atoms with Gasteiger partial charge in [0, 0.05) is 11.9 Å². The SMILES string of the molecule is CCOC(=O)c1cc(OCCCNB(C)O)c2c(cnn2CC)c1. The van der Waals surface area contributed by atoms with Gasteiger partial charge in [-0.2, -0.15) is 5.10 Å². The molecule has 0 saturated heterocycles. The molecule has 0 atom stereocenters. The minimum absolute atomic E-state index is 0.326. The fourth-order valence-corrected chi connectivity index (χ4v) is 2.44. The van der Waals surface area contributed by atoms with E-state index in [0.717, 1.165) is 17.3 Å². The van der Waals surface area contributed by atoms with Gasteiger partial charge in [0.2, 0.25) is 0 Å². The van der Waals surface area contributed by atoms with Gasteiger partial charge in [0.25, 0.3) is 0 Å². The molecule has 2 N–H and O–H groups in total. The summed E-state index contributed by atoms with van der Waals surface area (Å²) in [5, 5.41) is 17.3. The molecule has 0 radical (unpaired) electrons. The van der Waals surface area contributed by atoms with E-state index in [1.165, 1.54) is 0 Å². The largest absolute Gasteiger partial charge is 0.491 e. The molecule has 0 spiro atoms. The number of rotatable bonds is 9. The van der Waals surface area contributed by atoms with Crippen LogP contribution in [0.25, 0.3) is 10.9 Å². The van der Waals surface area contributed by atoms with Crippen LogP contribution in [0.2, 0.25) is 6.82 Å². The molecular weight excluding hydrogens is 309 g/mol. The number of ether oxygens (including phenoxy) is 2. The maximum absolute atomic E-state index is 12.0. The number of benzene rings is 1. The molecule has 0 aliphatic heterocycles. The molecule has 2 rings (SSSR count). The van der Waals surface area contributed by atoms with Crippen molar-refractivity contribution in [1.29, 1.82) is 0 Å². The number of carbonyl (C=O) groups excluding carboxylic acids is 1. The number of hydrogen-bond acceptors (Lipinski definition) is 6. The molecule has 1 aromatic carbocycles. The van der Waals surface area contributed by atoms with Crippen LogP contribution < -0.4 is 9.96 Å². The molecule has 0 saturated carbocycles. The standard InChI is InChI=1S/C16H24BN3O4/c1-4-20-15-13(11-19-20)9-12(16(21)23-5-2)10-14(15)24-8-6-7-18-17(3)22/h9-11,18,22H,4-8H2,1-3H3. The summed E-state index contributed by atoms with van der Waals surface area (Å²) >= 11 is 0. The van der Waals surface area contributed by atoms with Gasteiger partial charge in [-0.3, -0.25) is 4.68 Å². The first-order valence-corrected chi connectivity index (χ1v) is 8.27. The lowest BCUT2D eigenvalue weighted by atomic mass is 9.89. The van der Waals surface area contributed by atoms with E-state index in [-0.39, 0.29) is 5.97 Å². The zero-order valence-electron chi connectivity index (χ0n) is 14.4. The van der Waals surface area contributed by atoms with Gasteiger partial charge in [0.1, 0.15) is 11.3 Å². The van der Waals surface area contributed by atoms with E-state index in [9.17, 15) is 9.82 Å². The molecule has 0 amide bonds. The Kier molecular flexibility index (Phi) is 6.63. The third-order valence-corrected chi connectivity index (χ3v) is 3.53. The first kappa shape index (κ1) is 18.3. The predicted octanol–water partition coefficient (Wildman–Crippen LogP) is 1.70. The topological polar surface area (TPSA) is 85.6 Å². The third kappa shape index (κ3) is 4.49. The Hall–Kier alpha value is -2.06. The smallest absolute Gasteiger partial charge is 0.373 e. The van der Waals surface area contributed by atoms with Gasteiger partial charge in [0.05, 0.1) is 25.0 Å². The highest BCUT2D eigenvalue weighted by Crippen LogP contribution is 2.28. The van der Waals surface area contributed by atoms with E-state index in [1.807, 2.05) is 11.6 Å². The van der Waals surface area contributed by atoms with E-state index >= 15 is 0 Å². The Balaban J connectivity index is 2.20. The minimum Gasteiger partial charge on any atom is -0.491 e. The number of nitrogens with one attached hydrogen (secondary N) is 1. The van der Waals surface area contributed by atoms with E-state index < -0.39 is 7.05 Å². The van der Waals surface area contributed by atoms with Gasteiger partial charge >= 0.3 is 13.0 Å². The average Bonchev–Trinajstić information content (AvgIpc) is 2.97. The Morgan fingerprint density at radius 2 is 2.21 bits per heavy atom. The summed E-state index contributed by atoms with van der Waals surface area (Å²) in [6, 6.07) is 3.48. The monoisotopic (exact) mass is 333 g/mol. The Morgan fingerprint density at radius 1 is 1.42 bits per heavy atom. The highest BCUT2D eigenvalue weighted by atomic mass is 16.5. The predicted molar refractivity (Wildman–Crippen MR) is 93.3 cm³/mol. The average molecular weight is 333 g/mol. The highest BCUT2D eigenvalue weighted by molar-refractivity contribution is 6.45. The van der Waals surface area contributed by atoms with Crippen LogP contribution in [0.15, 0.2) is 18.3 Å². The second-order valence-corrected chi connectivity index (χ2v) is 5.43. The van der Waals surface area contributed by atoms with Crippen molar-refractivity contribution in [2.24, 2.45) is 0 Å². The second kappa shape index (κ2) is 8.70. The van der Waals surface area contributed by atoms with Crippen LogP contribution in [0, 0.1) is 0 Å². The number of esters is 1. The first-order chi connectivity index (χ1) is 11.6. The van der Waals surface area contributed by atoms with Crippen LogP contribution in [0.5, 0.6) is 5.75 Å². The molecule has 8 heteroatoms. The highest BCUT2D eigenvalue weighted by Gasteiger charge is 2.15. The molecule has 130 valence electrons. The molecule has 1 aromatic heterocycles. The Labute approximate surface area is 142 Å². The fourth-order valence-electron chi connectivity index (χ4n) is 2.44. The van der Waals surface area contributed by atoms with Crippen LogP contribution in [0.1, 0.15) is 30.6 Å². The van der Waals surface area contributed by atoms with Crippen molar-refractivity contribution < 1.29 is 19.3 Å². The maximum Gasteiger partial charge on any atom is 0.373 e. The van der Waals surface area contributed by atoms with Crippen molar-refractivity contribution in [3.8, 4) is 5.75 Å². The van der Waals surface area contributed by atoms with Crippen LogP contribution >= 0.6 is 0 Å². The molecule has 24 heavy (non-hydrogen) atoms. The van der Waals surface area contributed by atoms with Crippen LogP contribution in [-0.2, 0) is 11.3 Å². The van der Waals surface area contributed by atoms with Crippen LogP contribution in [-0.4, -0.2) is 47.6 Å². The van der Waals surface area contributed by atoms with Gasteiger partial charge in [-0.1, -0.05) is 0 Å². The van der Waals surface area contributed by atoms with Crippen molar-refractivity contribution in [3.05, 3.63) is 23.9 Å². The summed E-state index contributed by atoms with van der Waals surface area (Å²) in [7, 11) is -0.537. The van der Waals surface area contributed by atoms with Gasteiger partial charge < -0.3 is 19.7 Å². The van der Waals surface area contributed by atoms with Crippen molar-refractivity contribution in [2.45, 2.75) is 33.6 Å². The number of fused-ring (bicyclic) bond motifs is 1. The summed E-state index contributed by atoms with van der Waals surface area (Å²) in [6.07, 6.45) is 2.46. The van der Waals surface area contributed by atoms with Crippen LogP contribution in [0.4, 0.5) is 0 Å². The van der Waals surface area contributed by atoms with Gasteiger partial charge in [-0.25, -0.2) is 4.79 Å². The Morgan fingerprint density at radius 3 is 2.88 bits per heavy atom. The Bertz CT molecular complexity index is 687. The normalized spacial score (nSPS) is 10.8. The van der Waals surface area contributed by atoms with E-state index in [4.69, 9.17) is 9.47 Å². The molecular formula is C16H24BN3O4. The van der Waals surface area contributed by atoms with Crippen molar-refractivity contribution >= 4 is 23.9 Å². The molecule has 0 fully saturated rings. The summed E-state index contributed by atoms with van der Waals surface area (Å²) < 4.78 is 12.8. The molecule has 0 unspecified atom stereocenters. The lowest BCUT2D eigenvalue weighted by Gasteiger charge is -2.12. The van der Waals surface area contributed by atoms with E-state index in [1.54, 1.807) is 32.1 Å². The number of carbonyl (C=O) groups is 1. The molecule has 7 nitrogen and oxygen atoms in total. The number of aryl methyl sites for hydroxylation is 1. The lowest BCUT2D eigenvalue weighted by molar-refractivity contribution is 0.0526. The summed E-state index contributed by atoms with van der Waals surface area (Å²) in [4.78, 5) is 12.0. The molecule has 0 aliphatic rings. The fraction of sp³-hybridized carbons (Fsp3) is 0.500. The van der Waals surface area contributed by atoms with Crippen LogP contribution in [0.3, 0.4) is 0 Å². The lowest BCUT2D eigenvalue weighted by Crippen LogP contribution is -2.31. The number of nitrogens with zero attached hydrogens (tertiary/aromatic N) is 2. The van der Waals surface area contributed by atoms with Gasteiger partial charge in [-0.05, 0) is 45.8 Å². The molecule has 1 heterocycles. The molecule has 0 bridgehead atoms. The molecule has 0 aliphatic carbocycles. The number of aromatic nitrogens is 2. The number of hydrogen-bond donors (Lipinski definition) is 2. The van der Waals surface area contributed by atoms with E-state index in [0.29, 0.717) is 37.6 Å². The molecule has 2 aromatic rings. The summed E-state index contributed by atoms with van der Waals surface area (Å²) in [5.74, 6) is 0.247.